The molecule has 4 heterocycles. The average Bonchev–Trinajstić information content (AvgIpc) is 3.44. The molecule has 4 aromatic rings. The van der Waals surface area contributed by atoms with Crippen LogP contribution in [0.5, 0.6) is 0 Å². The number of fused-ring (bicyclic) bond motifs is 1. The van der Waals surface area contributed by atoms with Crippen molar-refractivity contribution in [2.75, 3.05) is 0 Å². The summed E-state index contributed by atoms with van der Waals surface area (Å²) in [6.07, 6.45) is 1.91. The number of thiophene rings is 1. The number of ether oxygens (including phenoxy) is 1. The highest BCUT2D eigenvalue weighted by molar-refractivity contribution is 7.17. The van der Waals surface area contributed by atoms with E-state index in [0.717, 1.165) is 10.2 Å². The van der Waals surface area contributed by atoms with Crippen LogP contribution in [-0.2, 0) is 23.1 Å². The molecule has 0 radical (unpaired) electrons. The van der Waals surface area contributed by atoms with Gasteiger partial charge in [0.05, 0.1) is 28.7 Å². The first-order valence-electron chi connectivity index (χ1n) is 8.58. The van der Waals surface area contributed by atoms with Gasteiger partial charge in [0, 0.05) is 13.2 Å². The van der Waals surface area contributed by atoms with Gasteiger partial charge in [0.1, 0.15) is 11.5 Å². The number of pyridine rings is 1. The second kappa shape index (κ2) is 7.69. The molecule has 0 unspecified atom stereocenters. The molecule has 1 N–H and O–H groups in total. The van der Waals surface area contributed by atoms with Crippen molar-refractivity contribution in [3.8, 4) is 0 Å². The highest BCUT2D eigenvalue weighted by Crippen LogP contribution is 2.26. The smallest absolute Gasteiger partial charge is 0.356 e. The van der Waals surface area contributed by atoms with E-state index in [0.29, 0.717) is 17.1 Å². The number of aryl methyl sites for hydroxylation is 1. The summed E-state index contributed by atoms with van der Waals surface area (Å²) >= 11 is 1.54. The molecule has 0 fully saturated rings. The van der Waals surface area contributed by atoms with Crippen molar-refractivity contribution in [1.82, 2.24) is 14.9 Å². The Morgan fingerprint density at radius 1 is 1.29 bits per heavy atom. The fraction of sp³-hybridized carbons (Fsp3) is 0.150. The zero-order chi connectivity index (χ0) is 19.5. The molecule has 1 amide bonds. The first-order chi connectivity index (χ1) is 13.6. The lowest BCUT2D eigenvalue weighted by Crippen LogP contribution is -2.32. The summed E-state index contributed by atoms with van der Waals surface area (Å²) in [5, 5.41) is 4.68. The number of amides is 1. The van der Waals surface area contributed by atoms with E-state index in [1.54, 1.807) is 54.2 Å². The summed E-state index contributed by atoms with van der Waals surface area (Å²) in [5.74, 6) is -0.462. The molecule has 0 bridgehead atoms. The van der Waals surface area contributed by atoms with Crippen molar-refractivity contribution in [2.24, 2.45) is 7.05 Å². The van der Waals surface area contributed by atoms with Gasteiger partial charge in [0.25, 0.3) is 5.91 Å². The fourth-order valence-electron chi connectivity index (χ4n) is 2.87. The lowest BCUT2D eigenvalue weighted by molar-refractivity contribution is -0.130. The number of hydrogen-bond donors (Lipinski definition) is 1. The van der Waals surface area contributed by atoms with Gasteiger partial charge >= 0.3 is 5.97 Å². The van der Waals surface area contributed by atoms with Crippen LogP contribution in [0, 0.1) is 0 Å². The standard InChI is InChI=1S/C20H17N3O4S/c1-23-15-7-10-28-17(15)11-16(23)20(25)27-18(14-6-2-3-8-21-14)19(24)22-12-13-5-4-9-26-13/h2-11,18H,12H2,1H3,(H,22,24)/t18-/m1/s1. The third-order valence-electron chi connectivity index (χ3n) is 4.31. The van der Waals surface area contributed by atoms with Crippen molar-refractivity contribution in [3.63, 3.8) is 0 Å². The first-order valence-corrected chi connectivity index (χ1v) is 9.46. The van der Waals surface area contributed by atoms with Crippen LogP contribution in [-0.4, -0.2) is 21.4 Å². The van der Waals surface area contributed by atoms with Crippen LogP contribution >= 0.6 is 11.3 Å². The van der Waals surface area contributed by atoms with E-state index in [1.807, 2.05) is 11.4 Å². The van der Waals surface area contributed by atoms with Gasteiger partial charge in [-0.25, -0.2) is 4.79 Å². The van der Waals surface area contributed by atoms with Gasteiger partial charge in [-0.1, -0.05) is 6.07 Å². The normalized spacial score (nSPS) is 12.0. The predicted octanol–water partition coefficient (Wildman–Crippen LogP) is 3.44. The zero-order valence-electron chi connectivity index (χ0n) is 15.0. The lowest BCUT2D eigenvalue weighted by atomic mass is 10.2. The van der Waals surface area contributed by atoms with Crippen molar-refractivity contribution >= 4 is 33.4 Å². The van der Waals surface area contributed by atoms with Crippen molar-refractivity contribution in [2.45, 2.75) is 12.6 Å². The maximum Gasteiger partial charge on any atom is 0.356 e. The summed E-state index contributed by atoms with van der Waals surface area (Å²) in [7, 11) is 1.79. The molecular weight excluding hydrogens is 378 g/mol. The van der Waals surface area contributed by atoms with E-state index < -0.39 is 18.0 Å². The fourth-order valence-corrected chi connectivity index (χ4v) is 3.72. The highest BCUT2D eigenvalue weighted by Gasteiger charge is 2.28. The minimum atomic E-state index is -1.17. The summed E-state index contributed by atoms with van der Waals surface area (Å²) in [4.78, 5) is 29.7. The Morgan fingerprint density at radius 2 is 2.18 bits per heavy atom. The SMILES string of the molecule is Cn1c(C(=O)O[C@@H](C(=O)NCc2ccco2)c2ccccn2)cc2sccc21. The molecule has 1 atom stereocenters. The Labute approximate surface area is 164 Å². The third kappa shape index (κ3) is 3.54. The van der Waals surface area contributed by atoms with Gasteiger partial charge in [-0.15, -0.1) is 11.3 Å². The molecule has 8 heteroatoms. The van der Waals surface area contributed by atoms with Crippen LogP contribution < -0.4 is 5.32 Å². The van der Waals surface area contributed by atoms with Crippen molar-refractivity contribution in [3.05, 3.63) is 77.5 Å². The summed E-state index contributed by atoms with van der Waals surface area (Å²) in [6, 6.07) is 12.3. The molecule has 0 saturated carbocycles. The van der Waals surface area contributed by atoms with Crippen LogP contribution in [0.25, 0.3) is 10.2 Å². The number of carbonyl (C=O) groups is 2. The second-order valence-electron chi connectivity index (χ2n) is 6.10. The number of nitrogens with zero attached hydrogens (tertiary/aromatic N) is 2. The van der Waals surface area contributed by atoms with Gasteiger partial charge in [-0.05, 0) is 41.8 Å². The van der Waals surface area contributed by atoms with E-state index in [4.69, 9.17) is 9.15 Å². The van der Waals surface area contributed by atoms with E-state index in [9.17, 15) is 9.59 Å². The van der Waals surface area contributed by atoms with Crippen LogP contribution in [0.15, 0.2) is 64.7 Å². The zero-order valence-corrected chi connectivity index (χ0v) is 15.8. The largest absolute Gasteiger partial charge is 0.467 e. The summed E-state index contributed by atoms with van der Waals surface area (Å²) < 4.78 is 13.5. The Kier molecular flexibility index (Phi) is 4.94. The molecule has 0 aromatic carbocycles. The topological polar surface area (TPSA) is 86.4 Å². The van der Waals surface area contributed by atoms with Crippen LogP contribution in [0.2, 0.25) is 0 Å². The van der Waals surface area contributed by atoms with E-state index >= 15 is 0 Å². The Morgan fingerprint density at radius 3 is 2.89 bits per heavy atom. The van der Waals surface area contributed by atoms with Gasteiger partial charge in [-0.3, -0.25) is 9.78 Å². The van der Waals surface area contributed by atoms with Gasteiger partial charge in [0.2, 0.25) is 6.10 Å². The number of nitrogens with one attached hydrogen (secondary N) is 1. The molecule has 4 aromatic heterocycles. The molecular formula is C20H17N3O4S. The Bertz CT molecular complexity index is 1100. The molecule has 0 aliphatic rings. The third-order valence-corrected chi connectivity index (χ3v) is 5.16. The molecule has 0 saturated heterocycles. The first kappa shape index (κ1) is 18.0. The number of hydrogen-bond acceptors (Lipinski definition) is 6. The predicted molar refractivity (Wildman–Crippen MR) is 104 cm³/mol. The molecule has 142 valence electrons. The molecule has 4 rings (SSSR count). The van der Waals surface area contributed by atoms with Crippen molar-refractivity contribution in [1.29, 1.82) is 0 Å². The van der Waals surface area contributed by atoms with Crippen LogP contribution in [0.4, 0.5) is 0 Å². The molecule has 0 aliphatic carbocycles. The maximum atomic E-state index is 12.8. The van der Waals surface area contributed by atoms with Gasteiger partial charge in [-0.2, -0.15) is 0 Å². The van der Waals surface area contributed by atoms with Crippen LogP contribution in [0.3, 0.4) is 0 Å². The molecule has 7 nitrogen and oxygen atoms in total. The van der Waals surface area contributed by atoms with Gasteiger partial charge < -0.3 is 19.0 Å². The van der Waals surface area contributed by atoms with Crippen molar-refractivity contribution < 1.29 is 18.7 Å². The summed E-state index contributed by atoms with van der Waals surface area (Å²) in [6.45, 7) is 0.187. The number of aromatic nitrogens is 2. The molecule has 0 spiro atoms. The van der Waals surface area contributed by atoms with E-state index in [-0.39, 0.29) is 6.54 Å². The van der Waals surface area contributed by atoms with E-state index in [1.165, 1.54) is 17.6 Å². The number of furan rings is 1. The minimum Gasteiger partial charge on any atom is -0.467 e. The monoisotopic (exact) mass is 395 g/mol. The number of rotatable bonds is 6. The maximum absolute atomic E-state index is 12.8. The highest BCUT2D eigenvalue weighted by atomic mass is 32.1. The molecule has 28 heavy (non-hydrogen) atoms. The second-order valence-corrected chi connectivity index (χ2v) is 7.04. The summed E-state index contributed by atoms with van der Waals surface area (Å²) in [5.41, 5.74) is 1.67. The number of esters is 1. The van der Waals surface area contributed by atoms with E-state index in [2.05, 4.69) is 10.3 Å². The number of carbonyl (C=O) groups excluding carboxylic acids is 2. The average molecular weight is 395 g/mol. The lowest BCUT2D eigenvalue weighted by Gasteiger charge is -2.17. The Balaban J connectivity index is 1.56. The van der Waals surface area contributed by atoms with Gasteiger partial charge in [0.15, 0.2) is 0 Å². The molecule has 0 aliphatic heterocycles. The van der Waals surface area contributed by atoms with Crippen LogP contribution in [0.1, 0.15) is 28.0 Å². The Hall–Kier alpha value is -3.39. The minimum absolute atomic E-state index is 0.187. The quantitative estimate of drug-likeness (QED) is 0.506.